The molecule has 1 fully saturated rings. The summed E-state index contributed by atoms with van der Waals surface area (Å²) in [6, 6.07) is 16.2. The number of rotatable bonds is 9. The smallest absolute Gasteiger partial charge is 0.313 e. The molecule has 0 saturated carbocycles. The quantitative estimate of drug-likeness (QED) is 0.633. The van der Waals surface area contributed by atoms with Gasteiger partial charge in [0.25, 0.3) is 0 Å². The molecule has 2 aromatic carbocycles. The molecule has 3 rings (SSSR count). The lowest BCUT2D eigenvalue weighted by Crippen LogP contribution is -2.49. The summed E-state index contributed by atoms with van der Waals surface area (Å²) in [4.78, 5) is 15.4. The van der Waals surface area contributed by atoms with Crippen molar-refractivity contribution in [3.8, 4) is 5.75 Å². The Balaban J connectivity index is 1.79. The maximum atomic E-state index is 13.0. The van der Waals surface area contributed by atoms with Gasteiger partial charge in [0.1, 0.15) is 5.75 Å². The van der Waals surface area contributed by atoms with E-state index >= 15 is 0 Å². The molecule has 1 saturated heterocycles. The monoisotopic (exact) mass is 411 g/mol. The van der Waals surface area contributed by atoms with E-state index in [-0.39, 0.29) is 12.6 Å². The molecule has 0 amide bonds. The Morgan fingerprint density at radius 1 is 1.10 bits per heavy atom. The molecule has 0 radical (unpaired) electrons. The van der Waals surface area contributed by atoms with Crippen molar-refractivity contribution >= 4 is 5.97 Å². The third kappa shape index (κ3) is 5.41. The Hall–Kier alpha value is -2.37. The second-order valence-electron chi connectivity index (χ2n) is 8.01. The fourth-order valence-electron chi connectivity index (χ4n) is 4.43. The Labute approximate surface area is 179 Å². The molecular weight excluding hydrogens is 378 g/mol. The predicted molar refractivity (Wildman–Crippen MR) is 117 cm³/mol. The van der Waals surface area contributed by atoms with E-state index in [9.17, 15) is 9.90 Å². The highest BCUT2D eigenvalue weighted by molar-refractivity contribution is 5.77. The first-order valence-corrected chi connectivity index (χ1v) is 10.9. The van der Waals surface area contributed by atoms with Crippen LogP contribution in [0.5, 0.6) is 5.75 Å². The van der Waals surface area contributed by atoms with Crippen molar-refractivity contribution < 1.29 is 19.4 Å². The first-order chi connectivity index (χ1) is 14.6. The standard InChI is InChI=1S/C25H33NO4/c1-3-29-23-12-11-21(15-22(23)18-27)17-26-14-8-13-25(19-26,24(28)30-4-2)16-20-9-6-5-7-10-20/h5-7,9-12,15,27H,3-4,8,13-14,16-19H2,1-2H3/t25-/m0/s1. The van der Waals surface area contributed by atoms with Crippen molar-refractivity contribution in [2.75, 3.05) is 26.3 Å². The van der Waals surface area contributed by atoms with Crippen molar-refractivity contribution in [1.29, 1.82) is 0 Å². The summed E-state index contributed by atoms with van der Waals surface area (Å²) < 4.78 is 11.1. The van der Waals surface area contributed by atoms with Gasteiger partial charge in [-0.25, -0.2) is 0 Å². The minimum Gasteiger partial charge on any atom is -0.494 e. The van der Waals surface area contributed by atoms with Crippen molar-refractivity contribution in [2.45, 2.75) is 46.3 Å². The number of carbonyl (C=O) groups is 1. The summed E-state index contributed by atoms with van der Waals surface area (Å²) >= 11 is 0. The molecule has 1 aliphatic rings. The van der Waals surface area contributed by atoms with Crippen LogP contribution in [-0.2, 0) is 29.1 Å². The Morgan fingerprint density at radius 2 is 1.90 bits per heavy atom. The summed E-state index contributed by atoms with van der Waals surface area (Å²) in [5, 5.41) is 9.70. The SMILES string of the molecule is CCOC(=O)[C@]1(Cc2ccccc2)CCCN(Cc2ccc(OCC)c(CO)c2)C1. The Bertz CT molecular complexity index is 823. The second-order valence-corrected chi connectivity index (χ2v) is 8.01. The normalized spacial score (nSPS) is 19.4. The van der Waals surface area contributed by atoms with Gasteiger partial charge in [-0.05, 0) is 62.9 Å². The van der Waals surface area contributed by atoms with Crippen molar-refractivity contribution in [2.24, 2.45) is 5.41 Å². The van der Waals surface area contributed by atoms with Crippen LogP contribution in [0.15, 0.2) is 48.5 Å². The summed E-state index contributed by atoms with van der Waals surface area (Å²) in [7, 11) is 0. The molecule has 0 bridgehead atoms. The average molecular weight is 412 g/mol. The highest BCUT2D eigenvalue weighted by atomic mass is 16.5. The van der Waals surface area contributed by atoms with E-state index in [2.05, 4.69) is 17.0 Å². The van der Waals surface area contributed by atoms with Crippen LogP contribution < -0.4 is 4.74 Å². The number of likely N-dealkylation sites (tertiary alicyclic amines) is 1. The van der Waals surface area contributed by atoms with Crippen LogP contribution >= 0.6 is 0 Å². The van der Waals surface area contributed by atoms with E-state index in [4.69, 9.17) is 9.47 Å². The lowest BCUT2D eigenvalue weighted by molar-refractivity contribution is -0.159. The molecule has 0 unspecified atom stereocenters. The van der Waals surface area contributed by atoms with Crippen molar-refractivity contribution in [3.05, 3.63) is 65.2 Å². The lowest BCUT2D eigenvalue weighted by Gasteiger charge is -2.41. The van der Waals surface area contributed by atoms with E-state index in [1.54, 1.807) is 0 Å². The fourth-order valence-corrected chi connectivity index (χ4v) is 4.43. The molecule has 2 aromatic rings. The van der Waals surface area contributed by atoms with E-state index in [1.807, 2.05) is 50.2 Å². The third-order valence-corrected chi connectivity index (χ3v) is 5.75. The number of carbonyl (C=O) groups excluding carboxylic acids is 1. The van der Waals surface area contributed by atoms with Crippen molar-refractivity contribution in [3.63, 3.8) is 0 Å². The first kappa shape index (κ1) is 22.3. The van der Waals surface area contributed by atoms with Gasteiger partial charge in [-0.1, -0.05) is 36.4 Å². The molecule has 162 valence electrons. The maximum absolute atomic E-state index is 13.0. The molecule has 1 atom stereocenters. The van der Waals surface area contributed by atoms with Crippen LogP contribution in [0.25, 0.3) is 0 Å². The van der Waals surface area contributed by atoms with Gasteiger partial charge in [-0.3, -0.25) is 9.69 Å². The number of benzene rings is 2. The minimum absolute atomic E-state index is 0.0516. The van der Waals surface area contributed by atoms with Gasteiger partial charge < -0.3 is 14.6 Å². The number of aliphatic hydroxyl groups is 1. The molecule has 1 aliphatic heterocycles. The molecule has 5 nitrogen and oxygen atoms in total. The highest BCUT2D eigenvalue weighted by Gasteiger charge is 2.43. The molecule has 30 heavy (non-hydrogen) atoms. The van der Waals surface area contributed by atoms with Crippen LogP contribution in [0.2, 0.25) is 0 Å². The van der Waals surface area contributed by atoms with Crippen LogP contribution in [0.3, 0.4) is 0 Å². The topological polar surface area (TPSA) is 59.0 Å². The molecule has 0 aliphatic carbocycles. The minimum atomic E-state index is -0.527. The average Bonchev–Trinajstić information content (AvgIpc) is 2.76. The number of ether oxygens (including phenoxy) is 2. The molecular formula is C25H33NO4. The summed E-state index contributed by atoms with van der Waals surface area (Å²) in [5.74, 6) is 0.633. The molecule has 0 spiro atoms. The number of hydrogen-bond donors (Lipinski definition) is 1. The van der Waals surface area contributed by atoms with Crippen LogP contribution in [-0.4, -0.2) is 42.3 Å². The van der Waals surface area contributed by atoms with Gasteiger partial charge in [0, 0.05) is 18.7 Å². The maximum Gasteiger partial charge on any atom is 0.313 e. The van der Waals surface area contributed by atoms with Gasteiger partial charge >= 0.3 is 5.97 Å². The molecule has 1 heterocycles. The number of aliphatic hydroxyl groups excluding tert-OH is 1. The van der Waals surface area contributed by atoms with E-state index in [1.165, 1.54) is 0 Å². The number of hydrogen-bond acceptors (Lipinski definition) is 5. The summed E-state index contributed by atoms with van der Waals surface area (Å²) in [6.07, 6.45) is 2.48. The molecule has 0 aromatic heterocycles. The Morgan fingerprint density at radius 3 is 2.60 bits per heavy atom. The zero-order chi connectivity index (χ0) is 21.4. The Kier molecular flexibility index (Phi) is 7.88. The van der Waals surface area contributed by atoms with E-state index < -0.39 is 5.41 Å². The molecule has 1 N–H and O–H groups in total. The van der Waals surface area contributed by atoms with Gasteiger partial charge in [-0.2, -0.15) is 0 Å². The van der Waals surface area contributed by atoms with E-state index in [0.717, 1.165) is 48.4 Å². The fraction of sp³-hybridized carbons (Fsp3) is 0.480. The highest BCUT2D eigenvalue weighted by Crippen LogP contribution is 2.36. The first-order valence-electron chi connectivity index (χ1n) is 10.9. The van der Waals surface area contributed by atoms with Crippen molar-refractivity contribution in [1.82, 2.24) is 4.90 Å². The zero-order valence-electron chi connectivity index (χ0n) is 18.1. The zero-order valence-corrected chi connectivity index (χ0v) is 18.1. The van der Waals surface area contributed by atoms with Gasteiger partial charge in [-0.15, -0.1) is 0 Å². The van der Waals surface area contributed by atoms with Crippen LogP contribution in [0.4, 0.5) is 0 Å². The lowest BCUT2D eigenvalue weighted by atomic mass is 9.75. The third-order valence-electron chi connectivity index (χ3n) is 5.75. The summed E-state index contributed by atoms with van der Waals surface area (Å²) in [5.41, 5.74) is 2.55. The number of nitrogens with zero attached hydrogens (tertiary/aromatic N) is 1. The predicted octanol–water partition coefficient (Wildman–Crippen LogP) is 3.97. The van der Waals surface area contributed by atoms with Crippen LogP contribution in [0, 0.1) is 5.41 Å². The van der Waals surface area contributed by atoms with E-state index in [0.29, 0.717) is 26.2 Å². The van der Waals surface area contributed by atoms with Gasteiger partial charge in [0.05, 0.1) is 25.2 Å². The van der Waals surface area contributed by atoms with Gasteiger partial charge in [0.15, 0.2) is 0 Å². The summed E-state index contributed by atoms with van der Waals surface area (Å²) in [6.45, 7) is 7.06. The number of esters is 1. The molecule has 5 heteroatoms. The largest absolute Gasteiger partial charge is 0.494 e. The second kappa shape index (κ2) is 10.6. The number of piperidine rings is 1. The van der Waals surface area contributed by atoms with Gasteiger partial charge in [0.2, 0.25) is 0 Å². The van der Waals surface area contributed by atoms with Crippen LogP contribution in [0.1, 0.15) is 43.4 Å².